The van der Waals surface area contributed by atoms with E-state index >= 15 is 0 Å². The van der Waals surface area contributed by atoms with Gasteiger partial charge < -0.3 is 9.88 Å². The third-order valence-corrected chi connectivity index (χ3v) is 3.89. The van der Waals surface area contributed by atoms with Crippen LogP contribution in [0.3, 0.4) is 0 Å². The van der Waals surface area contributed by atoms with E-state index in [2.05, 4.69) is 10.3 Å². The van der Waals surface area contributed by atoms with Gasteiger partial charge >= 0.3 is 0 Å². The zero-order valence-corrected chi connectivity index (χ0v) is 12.8. The average Bonchev–Trinajstić information content (AvgIpc) is 2.88. The Kier molecular flexibility index (Phi) is 4.11. The Balaban J connectivity index is 1.79. The summed E-state index contributed by atoms with van der Waals surface area (Å²) in [6.07, 6.45) is 1.77. The summed E-state index contributed by atoms with van der Waals surface area (Å²) in [4.78, 5) is 4.37. The summed E-state index contributed by atoms with van der Waals surface area (Å²) in [5, 5.41) is 3.99. The van der Waals surface area contributed by atoms with Gasteiger partial charge in [0.15, 0.2) is 0 Å². The van der Waals surface area contributed by atoms with Crippen molar-refractivity contribution in [2.75, 3.05) is 5.32 Å². The summed E-state index contributed by atoms with van der Waals surface area (Å²) < 4.78 is 14.9. The fourth-order valence-electron chi connectivity index (χ4n) is 2.28. The van der Waals surface area contributed by atoms with Crippen molar-refractivity contribution in [1.29, 1.82) is 0 Å². The standard InChI is InChI=1S/C17H15ClFN3/c1-22-16(12-6-8-14(19)9-7-12)11-21-17(22)20-10-13-4-2-3-5-15(13)18/h2-9,11H,10H2,1H3,(H,20,21). The van der Waals surface area contributed by atoms with Crippen LogP contribution in [0, 0.1) is 5.82 Å². The van der Waals surface area contributed by atoms with Gasteiger partial charge in [0.05, 0.1) is 11.9 Å². The van der Waals surface area contributed by atoms with Crippen molar-refractivity contribution in [2.24, 2.45) is 7.05 Å². The molecule has 0 aliphatic heterocycles. The first-order chi connectivity index (χ1) is 10.6. The van der Waals surface area contributed by atoms with Gasteiger partial charge in [-0.1, -0.05) is 29.8 Å². The topological polar surface area (TPSA) is 29.9 Å². The first kappa shape index (κ1) is 14.6. The van der Waals surface area contributed by atoms with E-state index in [0.717, 1.165) is 27.8 Å². The molecule has 0 radical (unpaired) electrons. The molecule has 1 heterocycles. The molecule has 3 aromatic rings. The van der Waals surface area contributed by atoms with E-state index in [0.29, 0.717) is 6.54 Å². The molecule has 112 valence electrons. The smallest absolute Gasteiger partial charge is 0.203 e. The molecular weight excluding hydrogens is 301 g/mol. The highest BCUT2D eigenvalue weighted by atomic mass is 35.5. The fourth-order valence-corrected chi connectivity index (χ4v) is 2.48. The van der Waals surface area contributed by atoms with Gasteiger partial charge in [-0.25, -0.2) is 9.37 Å². The monoisotopic (exact) mass is 315 g/mol. The normalized spacial score (nSPS) is 10.7. The van der Waals surface area contributed by atoms with E-state index in [1.165, 1.54) is 12.1 Å². The molecule has 0 atom stereocenters. The van der Waals surface area contributed by atoms with Gasteiger partial charge in [-0.15, -0.1) is 0 Å². The van der Waals surface area contributed by atoms with Crippen molar-refractivity contribution >= 4 is 17.5 Å². The second-order valence-corrected chi connectivity index (χ2v) is 5.39. The van der Waals surface area contributed by atoms with Crippen LogP contribution in [-0.2, 0) is 13.6 Å². The quantitative estimate of drug-likeness (QED) is 0.768. The minimum absolute atomic E-state index is 0.247. The molecule has 0 spiro atoms. The number of halogens is 2. The lowest BCUT2D eigenvalue weighted by atomic mass is 10.2. The Bertz CT molecular complexity index is 781. The number of hydrogen-bond acceptors (Lipinski definition) is 2. The SMILES string of the molecule is Cn1c(-c2ccc(F)cc2)cnc1NCc1ccccc1Cl. The van der Waals surface area contributed by atoms with E-state index in [-0.39, 0.29) is 5.82 Å². The Morgan fingerprint density at radius 3 is 2.59 bits per heavy atom. The molecule has 0 saturated carbocycles. The maximum atomic E-state index is 13.0. The highest BCUT2D eigenvalue weighted by molar-refractivity contribution is 6.31. The van der Waals surface area contributed by atoms with Gasteiger partial charge in [0.2, 0.25) is 5.95 Å². The van der Waals surface area contributed by atoms with E-state index in [1.54, 1.807) is 18.3 Å². The molecule has 0 aliphatic carbocycles. The largest absolute Gasteiger partial charge is 0.352 e. The van der Waals surface area contributed by atoms with Crippen LogP contribution in [0.4, 0.5) is 10.3 Å². The number of imidazole rings is 1. The number of aromatic nitrogens is 2. The number of rotatable bonds is 4. The van der Waals surface area contributed by atoms with E-state index in [4.69, 9.17) is 11.6 Å². The summed E-state index contributed by atoms with van der Waals surface area (Å²) in [5.41, 5.74) is 2.85. The molecule has 1 N–H and O–H groups in total. The van der Waals surface area contributed by atoms with E-state index in [1.807, 2.05) is 35.9 Å². The molecule has 3 rings (SSSR count). The lowest BCUT2D eigenvalue weighted by Gasteiger charge is -2.09. The second kappa shape index (κ2) is 6.20. The van der Waals surface area contributed by atoms with Crippen molar-refractivity contribution < 1.29 is 4.39 Å². The zero-order valence-electron chi connectivity index (χ0n) is 12.1. The number of nitrogens with one attached hydrogen (secondary N) is 1. The third-order valence-electron chi connectivity index (χ3n) is 3.52. The summed E-state index contributed by atoms with van der Waals surface area (Å²) in [6, 6.07) is 14.1. The van der Waals surface area contributed by atoms with Gasteiger partial charge in [0.25, 0.3) is 0 Å². The number of hydrogen-bond donors (Lipinski definition) is 1. The van der Waals surface area contributed by atoms with Gasteiger partial charge in [0, 0.05) is 24.2 Å². The highest BCUT2D eigenvalue weighted by Gasteiger charge is 2.09. The number of nitrogens with zero attached hydrogens (tertiary/aromatic N) is 2. The minimum Gasteiger partial charge on any atom is -0.352 e. The van der Waals surface area contributed by atoms with E-state index < -0.39 is 0 Å². The predicted octanol–water partition coefficient (Wildman–Crippen LogP) is 4.49. The molecule has 5 heteroatoms. The Morgan fingerprint density at radius 2 is 1.86 bits per heavy atom. The summed E-state index contributed by atoms with van der Waals surface area (Å²) in [5.74, 6) is 0.488. The maximum Gasteiger partial charge on any atom is 0.203 e. The van der Waals surface area contributed by atoms with Gasteiger partial charge in [0.1, 0.15) is 5.82 Å². The molecule has 0 unspecified atom stereocenters. The summed E-state index contributed by atoms with van der Waals surface area (Å²) >= 11 is 6.14. The number of benzene rings is 2. The Labute approximate surface area is 133 Å². The predicted molar refractivity (Wildman–Crippen MR) is 87.4 cm³/mol. The Hall–Kier alpha value is -2.33. The third kappa shape index (κ3) is 2.97. The molecule has 0 amide bonds. The molecular formula is C17H15ClFN3. The van der Waals surface area contributed by atoms with Crippen LogP contribution >= 0.6 is 11.6 Å². The summed E-state index contributed by atoms with van der Waals surface area (Å²) in [6.45, 7) is 0.591. The molecule has 0 saturated heterocycles. The van der Waals surface area contributed by atoms with Crippen LogP contribution in [0.2, 0.25) is 5.02 Å². The Morgan fingerprint density at radius 1 is 1.14 bits per heavy atom. The lowest BCUT2D eigenvalue weighted by molar-refractivity contribution is 0.628. The molecule has 0 aliphatic rings. The first-order valence-electron chi connectivity index (χ1n) is 6.90. The molecule has 2 aromatic carbocycles. The van der Waals surface area contributed by atoms with Crippen molar-refractivity contribution in [3.8, 4) is 11.3 Å². The van der Waals surface area contributed by atoms with Crippen LogP contribution in [0.1, 0.15) is 5.56 Å². The zero-order chi connectivity index (χ0) is 15.5. The maximum absolute atomic E-state index is 13.0. The molecule has 1 aromatic heterocycles. The van der Waals surface area contributed by atoms with Crippen molar-refractivity contribution in [3.05, 3.63) is 71.1 Å². The lowest BCUT2D eigenvalue weighted by Crippen LogP contribution is -2.06. The van der Waals surface area contributed by atoms with Crippen LogP contribution < -0.4 is 5.32 Å². The molecule has 3 nitrogen and oxygen atoms in total. The van der Waals surface area contributed by atoms with Crippen molar-refractivity contribution in [2.45, 2.75) is 6.54 Å². The van der Waals surface area contributed by atoms with Crippen LogP contribution in [-0.4, -0.2) is 9.55 Å². The minimum atomic E-state index is -0.247. The average molecular weight is 316 g/mol. The van der Waals surface area contributed by atoms with Crippen molar-refractivity contribution in [3.63, 3.8) is 0 Å². The fraction of sp³-hybridized carbons (Fsp3) is 0.118. The molecule has 0 fully saturated rings. The van der Waals surface area contributed by atoms with Crippen LogP contribution in [0.5, 0.6) is 0 Å². The molecule has 22 heavy (non-hydrogen) atoms. The van der Waals surface area contributed by atoms with E-state index in [9.17, 15) is 4.39 Å². The van der Waals surface area contributed by atoms with Gasteiger partial charge in [-0.05, 0) is 35.9 Å². The molecule has 0 bridgehead atoms. The first-order valence-corrected chi connectivity index (χ1v) is 7.28. The van der Waals surface area contributed by atoms with Crippen LogP contribution in [0.25, 0.3) is 11.3 Å². The highest BCUT2D eigenvalue weighted by Crippen LogP contribution is 2.23. The second-order valence-electron chi connectivity index (χ2n) is 4.98. The van der Waals surface area contributed by atoms with Gasteiger partial charge in [-0.3, -0.25) is 0 Å². The number of anilines is 1. The van der Waals surface area contributed by atoms with Crippen LogP contribution in [0.15, 0.2) is 54.7 Å². The van der Waals surface area contributed by atoms with Crippen molar-refractivity contribution in [1.82, 2.24) is 9.55 Å². The summed E-state index contributed by atoms with van der Waals surface area (Å²) in [7, 11) is 1.92. The van der Waals surface area contributed by atoms with Gasteiger partial charge in [-0.2, -0.15) is 0 Å².